The molecule has 134 valence electrons. The molecular formula is C18H21ClFN3OS. The van der Waals surface area contributed by atoms with Crippen LogP contribution in [0, 0.1) is 5.82 Å². The molecule has 0 N–H and O–H groups in total. The van der Waals surface area contributed by atoms with Gasteiger partial charge in [0, 0.05) is 43.3 Å². The zero-order valence-electron chi connectivity index (χ0n) is 14.1. The second-order valence-corrected chi connectivity index (χ2v) is 8.02. The molecule has 1 saturated heterocycles. The lowest BCUT2D eigenvalue weighted by molar-refractivity contribution is -0.132. The Hall–Kier alpha value is -1.63. The van der Waals surface area contributed by atoms with Crippen LogP contribution in [0.15, 0.2) is 36.4 Å². The number of thiophene rings is 1. The van der Waals surface area contributed by atoms with E-state index < -0.39 is 0 Å². The molecule has 25 heavy (non-hydrogen) atoms. The number of amides is 1. The molecule has 2 heterocycles. The fourth-order valence-electron chi connectivity index (χ4n) is 2.96. The van der Waals surface area contributed by atoms with Crippen LogP contribution >= 0.6 is 22.9 Å². The van der Waals surface area contributed by atoms with Gasteiger partial charge in [0.2, 0.25) is 5.91 Å². The Bertz CT molecular complexity index is 713. The number of hydrogen-bond donors (Lipinski definition) is 0. The van der Waals surface area contributed by atoms with Crippen molar-refractivity contribution >= 4 is 34.5 Å². The van der Waals surface area contributed by atoms with E-state index in [-0.39, 0.29) is 11.7 Å². The van der Waals surface area contributed by atoms with E-state index in [1.165, 1.54) is 12.1 Å². The van der Waals surface area contributed by atoms with E-state index in [0.29, 0.717) is 19.6 Å². The van der Waals surface area contributed by atoms with Crippen molar-refractivity contribution in [3.05, 3.63) is 51.4 Å². The minimum Gasteiger partial charge on any atom is -0.368 e. The van der Waals surface area contributed by atoms with E-state index in [0.717, 1.165) is 34.5 Å². The minimum absolute atomic E-state index is 0.143. The van der Waals surface area contributed by atoms with Crippen LogP contribution in [-0.4, -0.2) is 55.5 Å². The van der Waals surface area contributed by atoms with Gasteiger partial charge in [0.15, 0.2) is 0 Å². The van der Waals surface area contributed by atoms with Gasteiger partial charge in [-0.2, -0.15) is 0 Å². The van der Waals surface area contributed by atoms with Crippen molar-refractivity contribution < 1.29 is 9.18 Å². The number of likely N-dealkylation sites (N-methyl/N-ethyl adjacent to an activating group) is 1. The van der Waals surface area contributed by atoms with Crippen molar-refractivity contribution in [3.63, 3.8) is 0 Å². The van der Waals surface area contributed by atoms with Crippen LogP contribution in [0.3, 0.4) is 0 Å². The summed E-state index contributed by atoms with van der Waals surface area (Å²) in [6, 6.07) is 10.4. The lowest BCUT2D eigenvalue weighted by Crippen LogP contribution is -2.51. The van der Waals surface area contributed by atoms with E-state index in [1.54, 1.807) is 23.5 Å². The number of rotatable bonds is 5. The summed E-state index contributed by atoms with van der Waals surface area (Å²) in [7, 11) is 1.94. The molecule has 0 spiro atoms. The first kappa shape index (κ1) is 18.2. The van der Waals surface area contributed by atoms with Crippen LogP contribution in [0.2, 0.25) is 4.34 Å². The average molecular weight is 382 g/mol. The Morgan fingerprint density at radius 1 is 1.16 bits per heavy atom. The quantitative estimate of drug-likeness (QED) is 0.794. The number of nitrogens with zero attached hydrogens (tertiary/aromatic N) is 3. The lowest BCUT2D eigenvalue weighted by atomic mass is 10.2. The van der Waals surface area contributed by atoms with E-state index in [2.05, 4.69) is 4.90 Å². The number of hydrogen-bond acceptors (Lipinski definition) is 4. The van der Waals surface area contributed by atoms with Gasteiger partial charge in [-0.05, 0) is 43.4 Å². The highest BCUT2D eigenvalue weighted by Crippen LogP contribution is 2.22. The van der Waals surface area contributed by atoms with Crippen molar-refractivity contribution in [2.45, 2.75) is 6.54 Å². The zero-order chi connectivity index (χ0) is 17.8. The Morgan fingerprint density at radius 3 is 2.44 bits per heavy atom. The van der Waals surface area contributed by atoms with Crippen LogP contribution < -0.4 is 4.90 Å². The van der Waals surface area contributed by atoms with Crippen molar-refractivity contribution in [1.82, 2.24) is 9.80 Å². The smallest absolute Gasteiger partial charge is 0.236 e. The third-order valence-electron chi connectivity index (χ3n) is 4.28. The Balaban J connectivity index is 1.47. The van der Waals surface area contributed by atoms with Gasteiger partial charge in [0.25, 0.3) is 0 Å². The Morgan fingerprint density at radius 2 is 1.84 bits per heavy atom. The fraction of sp³-hybridized carbons (Fsp3) is 0.389. The van der Waals surface area contributed by atoms with Crippen molar-refractivity contribution in [1.29, 1.82) is 0 Å². The number of halogens is 2. The largest absolute Gasteiger partial charge is 0.368 e. The molecule has 0 unspecified atom stereocenters. The first-order valence-electron chi connectivity index (χ1n) is 8.22. The molecule has 0 aliphatic carbocycles. The van der Waals surface area contributed by atoms with Gasteiger partial charge in [-0.15, -0.1) is 11.3 Å². The number of piperazine rings is 1. The van der Waals surface area contributed by atoms with Crippen molar-refractivity contribution in [2.24, 2.45) is 0 Å². The highest BCUT2D eigenvalue weighted by Gasteiger charge is 2.22. The standard InChI is InChI=1S/C18H21ClFN3OS/c1-21(12-16-6-7-17(19)25-16)13-18(24)23-10-8-22(9-11-23)15-4-2-14(20)3-5-15/h2-7H,8-13H2,1H3. The van der Waals surface area contributed by atoms with E-state index in [9.17, 15) is 9.18 Å². The topological polar surface area (TPSA) is 26.8 Å². The van der Waals surface area contributed by atoms with E-state index in [1.807, 2.05) is 29.0 Å². The van der Waals surface area contributed by atoms with Gasteiger partial charge in [0.05, 0.1) is 10.9 Å². The highest BCUT2D eigenvalue weighted by molar-refractivity contribution is 7.16. The summed E-state index contributed by atoms with van der Waals surface area (Å²) >= 11 is 7.49. The van der Waals surface area contributed by atoms with Crippen LogP contribution in [0.1, 0.15) is 4.88 Å². The van der Waals surface area contributed by atoms with Gasteiger partial charge < -0.3 is 9.80 Å². The zero-order valence-corrected chi connectivity index (χ0v) is 15.7. The van der Waals surface area contributed by atoms with Gasteiger partial charge in [-0.1, -0.05) is 11.6 Å². The monoisotopic (exact) mass is 381 g/mol. The molecule has 0 saturated carbocycles. The normalized spacial score (nSPS) is 15.0. The highest BCUT2D eigenvalue weighted by atomic mass is 35.5. The fourth-order valence-corrected chi connectivity index (χ4v) is 4.12. The third kappa shape index (κ3) is 4.93. The number of carbonyl (C=O) groups is 1. The van der Waals surface area contributed by atoms with E-state index in [4.69, 9.17) is 11.6 Å². The predicted octanol–water partition coefficient (Wildman–Crippen LogP) is 3.32. The summed E-state index contributed by atoms with van der Waals surface area (Å²) in [5.41, 5.74) is 1.00. The summed E-state index contributed by atoms with van der Waals surface area (Å²) < 4.78 is 13.8. The lowest BCUT2D eigenvalue weighted by Gasteiger charge is -2.36. The second kappa shape index (κ2) is 8.17. The molecule has 0 bridgehead atoms. The summed E-state index contributed by atoms with van der Waals surface area (Å²) in [6.07, 6.45) is 0. The average Bonchev–Trinajstić information content (AvgIpc) is 3.00. The molecule has 1 amide bonds. The molecule has 3 rings (SSSR count). The molecule has 0 radical (unpaired) electrons. The Kier molecular flexibility index (Phi) is 5.93. The van der Waals surface area contributed by atoms with Crippen LogP contribution in [0.25, 0.3) is 0 Å². The number of carbonyl (C=O) groups excluding carboxylic acids is 1. The van der Waals surface area contributed by atoms with Gasteiger partial charge in [-0.3, -0.25) is 9.69 Å². The van der Waals surface area contributed by atoms with Crippen molar-refractivity contribution in [3.8, 4) is 0 Å². The molecule has 1 aliphatic heterocycles. The summed E-state index contributed by atoms with van der Waals surface area (Å²) in [5.74, 6) is -0.0865. The first-order valence-corrected chi connectivity index (χ1v) is 9.42. The van der Waals surface area contributed by atoms with Crippen LogP contribution in [0.4, 0.5) is 10.1 Å². The molecule has 4 nitrogen and oxygen atoms in total. The van der Waals surface area contributed by atoms with Gasteiger partial charge >= 0.3 is 0 Å². The molecule has 1 aromatic carbocycles. The number of benzene rings is 1. The maximum atomic E-state index is 13.0. The SMILES string of the molecule is CN(CC(=O)N1CCN(c2ccc(F)cc2)CC1)Cc1ccc(Cl)s1. The molecular weight excluding hydrogens is 361 g/mol. The summed E-state index contributed by atoms with van der Waals surface area (Å²) in [4.78, 5) is 19.7. The maximum absolute atomic E-state index is 13.0. The Labute approximate surface area is 156 Å². The summed E-state index contributed by atoms with van der Waals surface area (Å²) in [6.45, 7) is 4.03. The van der Waals surface area contributed by atoms with Crippen LogP contribution in [-0.2, 0) is 11.3 Å². The minimum atomic E-state index is -0.229. The first-order chi connectivity index (χ1) is 12.0. The molecule has 7 heteroatoms. The number of anilines is 1. The molecule has 0 atom stereocenters. The molecule has 1 aliphatic rings. The molecule has 1 aromatic heterocycles. The van der Waals surface area contributed by atoms with E-state index >= 15 is 0 Å². The van der Waals surface area contributed by atoms with Gasteiger partial charge in [0.1, 0.15) is 5.82 Å². The maximum Gasteiger partial charge on any atom is 0.236 e. The summed E-state index contributed by atoms with van der Waals surface area (Å²) in [5, 5.41) is 0. The second-order valence-electron chi connectivity index (χ2n) is 6.22. The molecule has 2 aromatic rings. The van der Waals surface area contributed by atoms with Crippen molar-refractivity contribution in [2.75, 3.05) is 44.7 Å². The molecule has 1 fully saturated rings. The van der Waals surface area contributed by atoms with Crippen LogP contribution in [0.5, 0.6) is 0 Å². The van der Waals surface area contributed by atoms with Gasteiger partial charge in [-0.25, -0.2) is 4.39 Å². The predicted molar refractivity (Wildman–Crippen MR) is 101 cm³/mol. The third-order valence-corrected chi connectivity index (χ3v) is 5.50.